The van der Waals surface area contributed by atoms with E-state index in [-0.39, 0.29) is 5.41 Å². The summed E-state index contributed by atoms with van der Waals surface area (Å²) in [5.41, 5.74) is 5.85. The third kappa shape index (κ3) is 3.92. The van der Waals surface area contributed by atoms with Crippen LogP contribution >= 0.6 is 0 Å². The van der Waals surface area contributed by atoms with Gasteiger partial charge in [0.2, 0.25) is 0 Å². The fourth-order valence-corrected chi connectivity index (χ4v) is 4.60. The molecule has 0 radical (unpaired) electrons. The fraction of sp³-hybridized carbons (Fsp3) is 0.357. The Hall–Kier alpha value is -2.34. The normalized spacial score (nSPS) is 18.4. The second-order valence-electron chi connectivity index (χ2n) is 8.65. The van der Waals surface area contributed by atoms with Gasteiger partial charge in [-0.1, -0.05) is 112 Å². The molecular weight excluding hydrogens is 336 g/mol. The zero-order valence-electron chi connectivity index (χ0n) is 17.4. The van der Waals surface area contributed by atoms with Gasteiger partial charge in [0.1, 0.15) is 0 Å². The Morgan fingerprint density at radius 3 is 2.43 bits per heavy atom. The zero-order valence-corrected chi connectivity index (χ0v) is 17.4. The highest BCUT2D eigenvalue weighted by atomic mass is 14.3. The summed E-state index contributed by atoms with van der Waals surface area (Å²) in [7, 11) is 0. The lowest BCUT2D eigenvalue weighted by Crippen LogP contribution is -2.25. The molecule has 0 bridgehead atoms. The number of rotatable bonds is 7. The van der Waals surface area contributed by atoms with Crippen LogP contribution in [0.4, 0.5) is 0 Å². The zero-order chi connectivity index (χ0) is 19.4. The summed E-state index contributed by atoms with van der Waals surface area (Å²) >= 11 is 0. The molecule has 28 heavy (non-hydrogen) atoms. The van der Waals surface area contributed by atoms with Gasteiger partial charge in [-0.3, -0.25) is 0 Å². The van der Waals surface area contributed by atoms with E-state index in [1.165, 1.54) is 71.6 Å². The van der Waals surface area contributed by atoms with Gasteiger partial charge in [0.05, 0.1) is 0 Å². The minimum atomic E-state index is 0.0785. The Morgan fingerprint density at radius 2 is 1.61 bits per heavy atom. The van der Waals surface area contributed by atoms with Crippen LogP contribution in [0.1, 0.15) is 68.2 Å². The van der Waals surface area contributed by atoms with E-state index in [0.29, 0.717) is 0 Å². The van der Waals surface area contributed by atoms with Gasteiger partial charge in [0.15, 0.2) is 0 Å². The number of aryl methyl sites for hydroxylation is 1. The van der Waals surface area contributed by atoms with E-state index in [1.807, 2.05) is 0 Å². The van der Waals surface area contributed by atoms with Gasteiger partial charge in [-0.2, -0.15) is 0 Å². The van der Waals surface area contributed by atoms with E-state index in [9.17, 15) is 0 Å². The monoisotopic (exact) mass is 368 g/mol. The SMILES string of the molecule is CCCCCCCc1ccc(C2(C)C=Cc3c(ccc4ccccc34)C2)cc1. The number of hydrogen-bond donors (Lipinski definition) is 0. The van der Waals surface area contributed by atoms with Crippen molar-refractivity contribution in [1.29, 1.82) is 0 Å². The summed E-state index contributed by atoms with van der Waals surface area (Å²) < 4.78 is 0. The topological polar surface area (TPSA) is 0 Å². The highest BCUT2D eigenvalue weighted by molar-refractivity contribution is 5.92. The number of allylic oxidation sites excluding steroid dienone is 1. The van der Waals surface area contributed by atoms with E-state index in [1.54, 1.807) is 0 Å². The molecule has 1 unspecified atom stereocenters. The highest BCUT2D eigenvalue weighted by Crippen LogP contribution is 2.38. The van der Waals surface area contributed by atoms with Gasteiger partial charge in [-0.05, 0) is 52.3 Å². The van der Waals surface area contributed by atoms with Crippen LogP contribution in [0.3, 0.4) is 0 Å². The van der Waals surface area contributed by atoms with E-state index >= 15 is 0 Å². The molecule has 0 fully saturated rings. The largest absolute Gasteiger partial charge is 0.0733 e. The summed E-state index contributed by atoms with van der Waals surface area (Å²) in [5.74, 6) is 0. The smallest absolute Gasteiger partial charge is 0.0147 e. The van der Waals surface area contributed by atoms with Gasteiger partial charge in [-0.25, -0.2) is 0 Å². The Balaban J connectivity index is 1.49. The molecule has 0 saturated carbocycles. The van der Waals surface area contributed by atoms with E-state index < -0.39 is 0 Å². The lowest BCUT2D eigenvalue weighted by atomic mass is 9.72. The summed E-state index contributed by atoms with van der Waals surface area (Å²) in [6, 6.07) is 22.7. The van der Waals surface area contributed by atoms with Crippen LogP contribution in [0.25, 0.3) is 16.8 Å². The Kier molecular flexibility index (Phi) is 5.67. The molecule has 0 saturated heterocycles. The molecule has 1 aliphatic rings. The molecule has 0 aliphatic heterocycles. The van der Waals surface area contributed by atoms with Gasteiger partial charge >= 0.3 is 0 Å². The highest BCUT2D eigenvalue weighted by Gasteiger charge is 2.28. The molecule has 0 heterocycles. The third-order valence-electron chi connectivity index (χ3n) is 6.42. The van der Waals surface area contributed by atoms with Crippen LogP contribution in [0.2, 0.25) is 0 Å². The summed E-state index contributed by atoms with van der Waals surface area (Å²) in [6.07, 6.45) is 13.8. The number of hydrogen-bond acceptors (Lipinski definition) is 0. The summed E-state index contributed by atoms with van der Waals surface area (Å²) in [6.45, 7) is 4.65. The molecule has 144 valence electrons. The van der Waals surface area contributed by atoms with Crippen molar-refractivity contribution < 1.29 is 0 Å². The minimum absolute atomic E-state index is 0.0785. The van der Waals surface area contributed by atoms with Crippen LogP contribution in [0, 0.1) is 0 Å². The minimum Gasteiger partial charge on any atom is -0.0733 e. The number of unbranched alkanes of at least 4 members (excludes halogenated alkanes) is 4. The Labute approximate surface area is 170 Å². The molecule has 0 spiro atoms. The van der Waals surface area contributed by atoms with Crippen molar-refractivity contribution in [2.75, 3.05) is 0 Å². The predicted molar refractivity (Wildman–Crippen MR) is 123 cm³/mol. The molecule has 0 amide bonds. The first-order valence-corrected chi connectivity index (χ1v) is 11.0. The van der Waals surface area contributed by atoms with Crippen molar-refractivity contribution in [2.45, 2.75) is 64.2 Å². The maximum atomic E-state index is 2.42. The van der Waals surface area contributed by atoms with Crippen molar-refractivity contribution in [3.05, 3.63) is 89.0 Å². The third-order valence-corrected chi connectivity index (χ3v) is 6.42. The number of benzene rings is 3. The number of fused-ring (bicyclic) bond motifs is 3. The van der Waals surface area contributed by atoms with Crippen LogP contribution in [-0.4, -0.2) is 0 Å². The maximum absolute atomic E-state index is 2.42. The van der Waals surface area contributed by atoms with Gasteiger partial charge < -0.3 is 0 Å². The lowest BCUT2D eigenvalue weighted by Gasteiger charge is -2.31. The van der Waals surface area contributed by atoms with E-state index in [0.717, 1.165) is 6.42 Å². The van der Waals surface area contributed by atoms with Crippen LogP contribution in [-0.2, 0) is 18.3 Å². The molecule has 0 aromatic heterocycles. The second kappa shape index (κ2) is 8.35. The van der Waals surface area contributed by atoms with Crippen molar-refractivity contribution in [2.24, 2.45) is 0 Å². The maximum Gasteiger partial charge on any atom is 0.0147 e. The van der Waals surface area contributed by atoms with Crippen molar-refractivity contribution >= 4 is 16.8 Å². The van der Waals surface area contributed by atoms with E-state index in [4.69, 9.17) is 0 Å². The first-order chi connectivity index (χ1) is 13.7. The quantitative estimate of drug-likeness (QED) is 0.372. The molecule has 3 aromatic rings. The summed E-state index contributed by atoms with van der Waals surface area (Å²) in [5, 5.41) is 2.70. The van der Waals surface area contributed by atoms with Crippen LogP contribution in [0.5, 0.6) is 0 Å². The summed E-state index contributed by atoms with van der Waals surface area (Å²) in [4.78, 5) is 0. The predicted octanol–water partition coefficient (Wildman–Crippen LogP) is 7.88. The average Bonchev–Trinajstić information content (AvgIpc) is 2.73. The molecule has 4 rings (SSSR count). The molecule has 0 nitrogen and oxygen atoms in total. The van der Waals surface area contributed by atoms with Crippen molar-refractivity contribution in [3.8, 4) is 0 Å². The Morgan fingerprint density at radius 1 is 0.821 bits per heavy atom. The first-order valence-electron chi connectivity index (χ1n) is 11.0. The molecule has 1 aliphatic carbocycles. The van der Waals surface area contributed by atoms with Crippen molar-refractivity contribution in [1.82, 2.24) is 0 Å². The lowest BCUT2D eigenvalue weighted by molar-refractivity contribution is 0.587. The molecule has 3 aromatic carbocycles. The molecule has 0 N–H and O–H groups in total. The first kappa shape index (κ1) is 19.0. The molecular formula is C28H32. The molecule has 1 atom stereocenters. The van der Waals surface area contributed by atoms with E-state index in [2.05, 4.69) is 86.7 Å². The van der Waals surface area contributed by atoms with Gasteiger partial charge in [0.25, 0.3) is 0 Å². The molecule has 0 heteroatoms. The van der Waals surface area contributed by atoms with Crippen LogP contribution < -0.4 is 0 Å². The second-order valence-corrected chi connectivity index (χ2v) is 8.65. The Bertz CT molecular complexity index is 961. The van der Waals surface area contributed by atoms with Crippen molar-refractivity contribution in [3.63, 3.8) is 0 Å². The average molecular weight is 369 g/mol. The van der Waals surface area contributed by atoms with Gasteiger partial charge in [0, 0.05) is 5.41 Å². The fourth-order valence-electron chi connectivity index (χ4n) is 4.60. The standard InChI is InChI=1S/C28H32/c1-3-4-5-6-7-10-22-13-17-25(18-14-22)28(2)20-19-27-24(21-28)16-15-23-11-8-9-12-26(23)27/h8-9,11-20H,3-7,10,21H2,1-2H3. The van der Waals surface area contributed by atoms with Gasteiger partial charge in [-0.15, -0.1) is 0 Å². The van der Waals surface area contributed by atoms with Crippen LogP contribution in [0.15, 0.2) is 66.7 Å².